The molecule has 0 atom stereocenters. The molecule has 1 aliphatic rings. The molecule has 1 aromatic rings. The summed E-state index contributed by atoms with van der Waals surface area (Å²) in [6, 6.07) is 3.28. The van der Waals surface area contributed by atoms with Crippen LogP contribution in [-0.4, -0.2) is 45.9 Å². The van der Waals surface area contributed by atoms with Gasteiger partial charge in [-0.3, -0.25) is 4.79 Å². The van der Waals surface area contributed by atoms with Gasteiger partial charge in [-0.05, 0) is 25.0 Å². The van der Waals surface area contributed by atoms with Crippen LogP contribution < -0.4 is 19.5 Å². The second-order valence-corrected chi connectivity index (χ2v) is 5.86. The first-order chi connectivity index (χ1) is 12.1. The van der Waals surface area contributed by atoms with Gasteiger partial charge in [0.25, 0.3) is 5.91 Å². The number of amides is 1. The van der Waals surface area contributed by atoms with Gasteiger partial charge in [-0.25, -0.2) is 4.79 Å². The van der Waals surface area contributed by atoms with E-state index in [-0.39, 0.29) is 29.9 Å². The Bertz CT molecular complexity index is 610. The van der Waals surface area contributed by atoms with Gasteiger partial charge in [-0.2, -0.15) is 0 Å². The van der Waals surface area contributed by atoms with E-state index in [9.17, 15) is 9.59 Å². The topological polar surface area (TPSA) is 83.1 Å². The van der Waals surface area contributed by atoms with Crippen molar-refractivity contribution in [2.24, 2.45) is 0 Å². The maximum atomic E-state index is 12.3. The van der Waals surface area contributed by atoms with E-state index in [0.717, 1.165) is 25.7 Å². The Morgan fingerprint density at radius 1 is 1.00 bits per heavy atom. The first-order valence-corrected chi connectivity index (χ1v) is 8.36. The van der Waals surface area contributed by atoms with Crippen molar-refractivity contribution < 1.29 is 28.5 Å². The van der Waals surface area contributed by atoms with Gasteiger partial charge < -0.3 is 24.3 Å². The van der Waals surface area contributed by atoms with Crippen LogP contribution in [0.1, 0.15) is 42.5 Å². The molecular weight excluding hydrogens is 326 g/mol. The molecule has 1 aromatic carbocycles. The number of methoxy groups -OCH3 is 3. The van der Waals surface area contributed by atoms with E-state index in [0.29, 0.717) is 11.5 Å². The Morgan fingerprint density at radius 3 is 2.28 bits per heavy atom. The van der Waals surface area contributed by atoms with Gasteiger partial charge in [0.05, 0.1) is 21.3 Å². The highest BCUT2D eigenvalue weighted by atomic mass is 16.5. The number of rotatable bonds is 7. The lowest BCUT2D eigenvalue weighted by Gasteiger charge is -2.22. The zero-order valence-electron chi connectivity index (χ0n) is 14.9. The number of carbonyl (C=O) groups is 2. The summed E-state index contributed by atoms with van der Waals surface area (Å²) in [5.41, 5.74) is 0.172. The predicted octanol–water partition coefficient (Wildman–Crippen LogP) is 2.32. The molecule has 25 heavy (non-hydrogen) atoms. The van der Waals surface area contributed by atoms with E-state index in [1.165, 1.54) is 33.8 Å². The highest BCUT2D eigenvalue weighted by Crippen LogP contribution is 2.39. The fourth-order valence-corrected chi connectivity index (χ4v) is 2.99. The highest BCUT2D eigenvalue weighted by molar-refractivity contribution is 5.95. The molecule has 0 heterocycles. The first kappa shape index (κ1) is 18.9. The molecule has 0 spiro atoms. The molecule has 2 rings (SSSR count). The molecule has 0 unspecified atom stereocenters. The molecule has 7 heteroatoms. The van der Waals surface area contributed by atoms with Gasteiger partial charge in [0.15, 0.2) is 18.1 Å². The van der Waals surface area contributed by atoms with Gasteiger partial charge >= 0.3 is 5.97 Å². The SMILES string of the molecule is COc1ccc(C(=O)OCC(=O)NC2CCCCC2)c(OC)c1OC. The smallest absolute Gasteiger partial charge is 0.342 e. The molecule has 0 aliphatic heterocycles. The van der Waals surface area contributed by atoms with Crippen molar-refractivity contribution in [1.82, 2.24) is 5.32 Å². The predicted molar refractivity (Wildman–Crippen MR) is 91.4 cm³/mol. The monoisotopic (exact) mass is 351 g/mol. The van der Waals surface area contributed by atoms with Gasteiger partial charge in [-0.1, -0.05) is 19.3 Å². The second kappa shape index (κ2) is 9.15. The van der Waals surface area contributed by atoms with E-state index < -0.39 is 5.97 Å². The molecule has 0 saturated heterocycles. The number of esters is 1. The zero-order valence-corrected chi connectivity index (χ0v) is 14.9. The average molecular weight is 351 g/mol. The lowest BCUT2D eigenvalue weighted by molar-refractivity contribution is -0.125. The molecule has 1 saturated carbocycles. The summed E-state index contributed by atoms with van der Waals surface area (Å²) < 4.78 is 20.8. The van der Waals surface area contributed by atoms with Crippen LogP contribution in [0.4, 0.5) is 0 Å². The molecule has 138 valence electrons. The Labute approximate surface area is 147 Å². The summed E-state index contributed by atoms with van der Waals surface area (Å²) in [5, 5.41) is 2.90. The lowest BCUT2D eigenvalue weighted by Crippen LogP contribution is -2.38. The molecule has 0 aromatic heterocycles. The van der Waals surface area contributed by atoms with Crippen molar-refractivity contribution in [3.63, 3.8) is 0 Å². The largest absolute Gasteiger partial charge is 0.493 e. The molecule has 0 radical (unpaired) electrons. The van der Waals surface area contributed by atoms with Crippen LogP contribution in [-0.2, 0) is 9.53 Å². The maximum Gasteiger partial charge on any atom is 0.342 e. The molecule has 1 fully saturated rings. The Balaban J connectivity index is 1.99. The standard InChI is InChI=1S/C18H25NO6/c1-22-14-10-9-13(16(23-2)17(14)24-3)18(21)25-11-15(20)19-12-7-5-4-6-8-12/h9-10,12H,4-8,11H2,1-3H3,(H,19,20). The fraction of sp³-hybridized carbons (Fsp3) is 0.556. The van der Waals surface area contributed by atoms with Crippen LogP contribution in [0.3, 0.4) is 0 Å². The van der Waals surface area contributed by atoms with E-state index in [4.69, 9.17) is 18.9 Å². The molecule has 1 N–H and O–H groups in total. The normalized spacial score (nSPS) is 14.5. The Hall–Kier alpha value is -2.44. The third-order valence-corrected chi connectivity index (χ3v) is 4.23. The van der Waals surface area contributed by atoms with Crippen LogP contribution in [0.25, 0.3) is 0 Å². The van der Waals surface area contributed by atoms with E-state index >= 15 is 0 Å². The van der Waals surface area contributed by atoms with Crippen molar-refractivity contribution in [2.75, 3.05) is 27.9 Å². The highest BCUT2D eigenvalue weighted by Gasteiger charge is 2.23. The van der Waals surface area contributed by atoms with Crippen LogP contribution in [0, 0.1) is 0 Å². The summed E-state index contributed by atoms with van der Waals surface area (Å²) in [6.07, 6.45) is 5.40. The van der Waals surface area contributed by atoms with E-state index in [2.05, 4.69) is 5.32 Å². The van der Waals surface area contributed by atoms with Gasteiger partial charge in [-0.15, -0.1) is 0 Å². The van der Waals surface area contributed by atoms with Crippen molar-refractivity contribution in [2.45, 2.75) is 38.1 Å². The number of carbonyl (C=O) groups excluding carboxylic acids is 2. The molecular formula is C18H25NO6. The number of benzene rings is 1. The Morgan fingerprint density at radius 2 is 1.68 bits per heavy atom. The van der Waals surface area contributed by atoms with Crippen molar-refractivity contribution in [3.05, 3.63) is 17.7 Å². The van der Waals surface area contributed by atoms with Crippen LogP contribution in [0.2, 0.25) is 0 Å². The second-order valence-electron chi connectivity index (χ2n) is 5.86. The number of ether oxygens (including phenoxy) is 4. The average Bonchev–Trinajstić information content (AvgIpc) is 2.65. The van der Waals surface area contributed by atoms with Gasteiger partial charge in [0.2, 0.25) is 5.75 Å². The van der Waals surface area contributed by atoms with E-state index in [1.54, 1.807) is 6.07 Å². The minimum atomic E-state index is -0.656. The quantitative estimate of drug-likeness (QED) is 0.759. The molecule has 0 bridgehead atoms. The van der Waals surface area contributed by atoms with Crippen LogP contribution in [0.15, 0.2) is 12.1 Å². The third kappa shape index (κ3) is 4.78. The lowest BCUT2D eigenvalue weighted by atomic mass is 9.95. The summed E-state index contributed by atoms with van der Waals surface area (Å²) in [4.78, 5) is 24.3. The number of nitrogens with one attached hydrogen (secondary N) is 1. The Kier molecular flexibility index (Phi) is 6.91. The van der Waals surface area contributed by atoms with Crippen molar-refractivity contribution in [1.29, 1.82) is 0 Å². The number of hydrogen-bond donors (Lipinski definition) is 1. The summed E-state index contributed by atoms with van der Waals surface area (Å²) in [5.74, 6) is -0.00659. The van der Waals surface area contributed by atoms with Crippen LogP contribution >= 0.6 is 0 Å². The van der Waals surface area contributed by atoms with Crippen molar-refractivity contribution in [3.8, 4) is 17.2 Å². The first-order valence-electron chi connectivity index (χ1n) is 8.36. The zero-order chi connectivity index (χ0) is 18.2. The van der Waals surface area contributed by atoms with Crippen LogP contribution in [0.5, 0.6) is 17.2 Å². The van der Waals surface area contributed by atoms with Gasteiger partial charge in [0.1, 0.15) is 5.56 Å². The molecule has 1 amide bonds. The fourth-order valence-electron chi connectivity index (χ4n) is 2.99. The molecule has 1 aliphatic carbocycles. The van der Waals surface area contributed by atoms with Crippen molar-refractivity contribution >= 4 is 11.9 Å². The maximum absolute atomic E-state index is 12.3. The summed E-state index contributed by atoms with van der Waals surface area (Å²) in [6.45, 7) is -0.327. The third-order valence-electron chi connectivity index (χ3n) is 4.23. The summed E-state index contributed by atoms with van der Waals surface area (Å²) >= 11 is 0. The minimum Gasteiger partial charge on any atom is -0.493 e. The number of hydrogen-bond acceptors (Lipinski definition) is 6. The summed E-state index contributed by atoms with van der Waals surface area (Å²) in [7, 11) is 4.36. The van der Waals surface area contributed by atoms with E-state index in [1.807, 2.05) is 0 Å². The minimum absolute atomic E-state index is 0.172. The van der Waals surface area contributed by atoms with Gasteiger partial charge in [0, 0.05) is 6.04 Å². The molecule has 7 nitrogen and oxygen atoms in total.